The van der Waals surface area contributed by atoms with Crippen LogP contribution in [-0.4, -0.2) is 4.92 Å². The summed E-state index contributed by atoms with van der Waals surface area (Å²) in [6.45, 7) is 0.466. The number of nitrogens with zero attached hydrogens (tertiary/aromatic N) is 2. The average molecular weight is 338 g/mol. The van der Waals surface area contributed by atoms with E-state index in [2.05, 4.69) is 21.2 Å². The third kappa shape index (κ3) is 2.92. The van der Waals surface area contributed by atoms with E-state index in [0.717, 1.165) is 9.35 Å². The smallest absolute Gasteiger partial charge is 0.309 e. The molecule has 1 aromatic heterocycles. The number of hydrogen-bond acceptors (Lipinski definition) is 5. The summed E-state index contributed by atoms with van der Waals surface area (Å²) in [5.74, 6) is 0. The van der Waals surface area contributed by atoms with Crippen LogP contribution in [-0.2, 0) is 6.54 Å². The molecule has 7 heteroatoms. The Bertz CT molecular complexity index is 663. The number of rotatable bonds is 4. The molecule has 0 aliphatic heterocycles. The fourth-order valence-electron chi connectivity index (χ4n) is 1.60. The van der Waals surface area contributed by atoms with Gasteiger partial charge in [-0.2, -0.15) is 5.26 Å². The quantitative estimate of drug-likeness (QED) is 0.677. The van der Waals surface area contributed by atoms with E-state index >= 15 is 0 Å². The van der Waals surface area contributed by atoms with Crippen molar-refractivity contribution in [3.8, 4) is 6.07 Å². The summed E-state index contributed by atoms with van der Waals surface area (Å²) in [6.07, 6.45) is 0. The molecule has 0 radical (unpaired) electrons. The second-order valence-corrected chi connectivity index (χ2v) is 5.47. The highest BCUT2D eigenvalue weighted by Gasteiger charge is 2.19. The van der Waals surface area contributed by atoms with Crippen molar-refractivity contribution >= 4 is 38.6 Å². The van der Waals surface area contributed by atoms with Crippen LogP contribution < -0.4 is 5.32 Å². The summed E-state index contributed by atoms with van der Waals surface area (Å²) < 4.78 is 0.962. The van der Waals surface area contributed by atoms with E-state index < -0.39 is 4.92 Å². The number of hydrogen-bond donors (Lipinski definition) is 1. The van der Waals surface area contributed by atoms with Gasteiger partial charge in [0, 0.05) is 9.35 Å². The van der Waals surface area contributed by atoms with Gasteiger partial charge in [0.05, 0.1) is 11.5 Å². The van der Waals surface area contributed by atoms with Crippen LogP contribution in [0.1, 0.15) is 10.4 Å². The van der Waals surface area contributed by atoms with Crippen molar-refractivity contribution in [2.45, 2.75) is 6.54 Å². The summed E-state index contributed by atoms with van der Waals surface area (Å²) in [4.78, 5) is 11.5. The number of para-hydroxylation sites is 1. The van der Waals surface area contributed by atoms with E-state index in [0.29, 0.717) is 12.2 Å². The molecular formula is C12H8BrN3O2S. The molecule has 0 spiro atoms. The lowest BCUT2D eigenvalue weighted by atomic mass is 10.1. The van der Waals surface area contributed by atoms with Crippen LogP contribution in [0.2, 0.25) is 0 Å². The Morgan fingerprint density at radius 1 is 1.47 bits per heavy atom. The standard InChI is InChI=1S/C12H8BrN3O2S/c13-9-4-5-19-11(9)7-15-10-3-1-2-8(6-14)12(10)16(17)18/h1-5,15H,7H2. The fraction of sp³-hybridized carbons (Fsp3) is 0.0833. The van der Waals surface area contributed by atoms with Crippen LogP contribution in [0.4, 0.5) is 11.4 Å². The summed E-state index contributed by atoms with van der Waals surface area (Å²) in [6, 6.07) is 8.41. The molecule has 1 aromatic carbocycles. The number of thiophene rings is 1. The van der Waals surface area contributed by atoms with Gasteiger partial charge in [-0.25, -0.2) is 0 Å². The van der Waals surface area contributed by atoms with E-state index in [-0.39, 0.29) is 11.3 Å². The summed E-state index contributed by atoms with van der Waals surface area (Å²) >= 11 is 4.95. The summed E-state index contributed by atoms with van der Waals surface area (Å²) in [7, 11) is 0. The van der Waals surface area contributed by atoms with Crippen molar-refractivity contribution in [2.24, 2.45) is 0 Å². The second kappa shape index (κ2) is 5.82. The first-order chi connectivity index (χ1) is 9.13. The molecule has 0 saturated heterocycles. The molecule has 0 saturated carbocycles. The number of nitro benzene ring substituents is 1. The van der Waals surface area contributed by atoms with Crippen molar-refractivity contribution in [3.63, 3.8) is 0 Å². The van der Waals surface area contributed by atoms with Crippen molar-refractivity contribution in [2.75, 3.05) is 5.32 Å². The molecule has 5 nitrogen and oxygen atoms in total. The van der Waals surface area contributed by atoms with E-state index in [9.17, 15) is 10.1 Å². The molecule has 0 aliphatic carbocycles. The number of benzene rings is 1. The Kier molecular flexibility index (Phi) is 4.14. The van der Waals surface area contributed by atoms with Gasteiger partial charge < -0.3 is 5.32 Å². The van der Waals surface area contributed by atoms with Crippen LogP contribution >= 0.6 is 27.3 Å². The number of nitrogens with one attached hydrogen (secondary N) is 1. The maximum atomic E-state index is 11.0. The van der Waals surface area contributed by atoms with E-state index in [4.69, 9.17) is 5.26 Å². The van der Waals surface area contributed by atoms with Gasteiger partial charge in [-0.15, -0.1) is 11.3 Å². The molecule has 0 amide bonds. The maximum absolute atomic E-state index is 11.0. The predicted molar refractivity (Wildman–Crippen MR) is 77.2 cm³/mol. The molecule has 19 heavy (non-hydrogen) atoms. The van der Waals surface area contributed by atoms with Crippen molar-refractivity contribution < 1.29 is 4.92 Å². The van der Waals surface area contributed by atoms with Gasteiger partial charge in [0.1, 0.15) is 17.3 Å². The zero-order chi connectivity index (χ0) is 13.8. The number of halogens is 1. The Morgan fingerprint density at radius 2 is 2.26 bits per heavy atom. The van der Waals surface area contributed by atoms with Gasteiger partial charge >= 0.3 is 5.69 Å². The topological polar surface area (TPSA) is 79.0 Å². The fourth-order valence-corrected chi connectivity index (χ4v) is 3.03. The molecular weight excluding hydrogens is 330 g/mol. The monoisotopic (exact) mass is 337 g/mol. The molecule has 1 heterocycles. The Morgan fingerprint density at radius 3 is 2.84 bits per heavy atom. The maximum Gasteiger partial charge on any atom is 0.309 e. The van der Waals surface area contributed by atoms with E-state index in [1.807, 2.05) is 17.5 Å². The molecule has 2 aromatic rings. The van der Waals surface area contributed by atoms with Crippen LogP contribution in [0.15, 0.2) is 34.1 Å². The molecule has 0 aliphatic rings. The van der Waals surface area contributed by atoms with Crippen LogP contribution in [0.5, 0.6) is 0 Å². The largest absolute Gasteiger partial charge is 0.375 e. The molecule has 96 valence electrons. The van der Waals surface area contributed by atoms with Gasteiger partial charge in [-0.3, -0.25) is 10.1 Å². The zero-order valence-corrected chi connectivity index (χ0v) is 12.0. The lowest BCUT2D eigenvalue weighted by molar-refractivity contribution is -0.384. The van der Waals surface area contributed by atoms with E-state index in [1.165, 1.54) is 6.07 Å². The Hall–Kier alpha value is -1.91. The average Bonchev–Trinajstić information content (AvgIpc) is 2.81. The highest BCUT2D eigenvalue weighted by molar-refractivity contribution is 9.10. The second-order valence-electron chi connectivity index (χ2n) is 3.62. The third-order valence-electron chi connectivity index (χ3n) is 2.47. The first kappa shape index (κ1) is 13.5. The van der Waals surface area contributed by atoms with Gasteiger partial charge in [-0.1, -0.05) is 6.07 Å². The van der Waals surface area contributed by atoms with Crippen LogP contribution in [0.3, 0.4) is 0 Å². The highest BCUT2D eigenvalue weighted by Crippen LogP contribution is 2.30. The molecule has 0 bridgehead atoms. The molecule has 1 N–H and O–H groups in total. The Balaban J connectivity index is 2.28. The third-order valence-corrected chi connectivity index (χ3v) is 4.40. The zero-order valence-electron chi connectivity index (χ0n) is 9.59. The lowest BCUT2D eigenvalue weighted by Gasteiger charge is -2.07. The predicted octanol–water partition coefficient (Wildman–Crippen LogP) is 3.90. The minimum Gasteiger partial charge on any atom is -0.375 e. The molecule has 0 unspecified atom stereocenters. The molecule has 0 fully saturated rings. The summed E-state index contributed by atoms with van der Waals surface area (Å²) in [5, 5.41) is 24.9. The van der Waals surface area contributed by atoms with Crippen LogP contribution in [0.25, 0.3) is 0 Å². The van der Waals surface area contributed by atoms with Gasteiger partial charge in [-0.05, 0) is 39.5 Å². The lowest BCUT2D eigenvalue weighted by Crippen LogP contribution is -2.03. The van der Waals surface area contributed by atoms with Gasteiger partial charge in [0.2, 0.25) is 0 Å². The van der Waals surface area contributed by atoms with Crippen molar-refractivity contribution in [1.29, 1.82) is 5.26 Å². The Labute approximate surface area is 121 Å². The minimum absolute atomic E-state index is 0.0558. The minimum atomic E-state index is -0.537. The number of nitriles is 1. The van der Waals surface area contributed by atoms with Gasteiger partial charge in [0.15, 0.2) is 0 Å². The van der Waals surface area contributed by atoms with Crippen LogP contribution in [0, 0.1) is 21.4 Å². The highest BCUT2D eigenvalue weighted by atomic mass is 79.9. The molecule has 2 rings (SSSR count). The van der Waals surface area contributed by atoms with Gasteiger partial charge in [0.25, 0.3) is 0 Å². The normalized spacial score (nSPS) is 9.89. The number of nitro groups is 1. The van der Waals surface area contributed by atoms with Crippen molar-refractivity contribution in [3.05, 3.63) is 54.7 Å². The molecule has 0 atom stereocenters. The van der Waals surface area contributed by atoms with Crippen molar-refractivity contribution in [1.82, 2.24) is 0 Å². The number of anilines is 1. The van der Waals surface area contributed by atoms with E-state index in [1.54, 1.807) is 23.5 Å². The first-order valence-corrected chi connectivity index (χ1v) is 6.94. The SMILES string of the molecule is N#Cc1cccc(NCc2sccc2Br)c1[N+](=O)[O-]. The first-order valence-electron chi connectivity index (χ1n) is 5.26. The summed E-state index contributed by atoms with van der Waals surface area (Å²) in [5.41, 5.74) is 0.224.